The average molecular weight is 182 g/mol. The van der Waals surface area contributed by atoms with E-state index in [-0.39, 0.29) is 11.5 Å². The Morgan fingerprint density at radius 3 is 2.92 bits per heavy atom. The summed E-state index contributed by atoms with van der Waals surface area (Å²) in [6, 6.07) is 0. The molecule has 0 aromatic carbocycles. The molecule has 0 radical (unpaired) electrons. The van der Waals surface area contributed by atoms with Gasteiger partial charge in [0.15, 0.2) is 0 Å². The van der Waals surface area contributed by atoms with Crippen LogP contribution in [0.25, 0.3) is 0 Å². The van der Waals surface area contributed by atoms with E-state index in [1.807, 2.05) is 6.08 Å². The van der Waals surface area contributed by atoms with Gasteiger partial charge in [0.1, 0.15) is 0 Å². The molecule has 0 amide bonds. The van der Waals surface area contributed by atoms with Crippen molar-refractivity contribution in [2.45, 2.75) is 50.7 Å². The van der Waals surface area contributed by atoms with Crippen LogP contribution in [0.1, 0.15) is 39.0 Å². The molecule has 2 aliphatic carbocycles. The first-order valence-corrected chi connectivity index (χ1v) is 5.12. The van der Waals surface area contributed by atoms with Crippen LogP contribution in [0.15, 0.2) is 12.2 Å². The molecule has 2 aliphatic rings. The molecule has 2 nitrogen and oxygen atoms in total. The standard InChI is InChI=1S/C11H18O2/c1-10-5-2-3-6-11(13,8-10)7-4-9(10)12/h3,6,9,12-13H,2,4-5,7-8H2,1H3/t9?,10-,11-/m0/s1. The zero-order valence-electron chi connectivity index (χ0n) is 8.16. The van der Waals surface area contributed by atoms with Crippen molar-refractivity contribution < 1.29 is 10.2 Å². The molecule has 3 atom stereocenters. The van der Waals surface area contributed by atoms with Crippen LogP contribution in [0.5, 0.6) is 0 Å². The summed E-state index contributed by atoms with van der Waals surface area (Å²) >= 11 is 0. The van der Waals surface area contributed by atoms with Crippen molar-refractivity contribution in [2.75, 3.05) is 0 Å². The van der Waals surface area contributed by atoms with Crippen LogP contribution in [-0.4, -0.2) is 21.9 Å². The highest BCUT2D eigenvalue weighted by Crippen LogP contribution is 2.46. The molecular weight excluding hydrogens is 164 g/mol. The van der Waals surface area contributed by atoms with Crippen molar-refractivity contribution in [3.05, 3.63) is 12.2 Å². The van der Waals surface area contributed by atoms with Crippen LogP contribution in [0.2, 0.25) is 0 Å². The molecule has 1 unspecified atom stereocenters. The lowest BCUT2D eigenvalue weighted by atomic mass is 9.66. The molecule has 0 heterocycles. The topological polar surface area (TPSA) is 40.5 Å². The normalized spacial score (nSPS) is 50.2. The number of fused-ring (bicyclic) bond motifs is 2. The first-order chi connectivity index (χ1) is 6.04. The van der Waals surface area contributed by atoms with Gasteiger partial charge in [-0.1, -0.05) is 19.1 Å². The lowest BCUT2D eigenvalue weighted by Crippen LogP contribution is -2.45. The van der Waals surface area contributed by atoms with E-state index in [1.165, 1.54) is 0 Å². The second kappa shape index (κ2) is 2.82. The predicted molar refractivity (Wildman–Crippen MR) is 51.3 cm³/mol. The van der Waals surface area contributed by atoms with Crippen molar-refractivity contribution in [2.24, 2.45) is 5.41 Å². The Hall–Kier alpha value is -0.340. The Morgan fingerprint density at radius 2 is 2.15 bits per heavy atom. The van der Waals surface area contributed by atoms with Gasteiger partial charge in [-0.25, -0.2) is 0 Å². The van der Waals surface area contributed by atoms with E-state index in [0.29, 0.717) is 6.42 Å². The van der Waals surface area contributed by atoms with E-state index < -0.39 is 5.60 Å². The van der Waals surface area contributed by atoms with Crippen LogP contribution in [0, 0.1) is 5.41 Å². The Bertz CT molecular complexity index is 236. The molecule has 0 aliphatic heterocycles. The minimum absolute atomic E-state index is 0.0729. The molecule has 1 fully saturated rings. The fraction of sp³-hybridized carbons (Fsp3) is 0.818. The third-order valence-electron chi connectivity index (χ3n) is 3.68. The van der Waals surface area contributed by atoms with Gasteiger partial charge in [-0.3, -0.25) is 0 Å². The molecule has 0 saturated heterocycles. The van der Waals surface area contributed by atoms with Gasteiger partial charge >= 0.3 is 0 Å². The van der Waals surface area contributed by atoms with Gasteiger partial charge in [-0.2, -0.15) is 0 Å². The van der Waals surface area contributed by atoms with Crippen LogP contribution in [0.3, 0.4) is 0 Å². The molecule has 13 heavy (non-hydrogen) atoms. The number of aliphatic hydroxyl groups is 2. The van der Waals surface area contributed by atoms with E-state index in [4.69, 9.17) is 0 Å². The smallest absolute Gasteiger partial charge is 0.0834 e. The van der Waals surface area contributed by atoms with Crippen molar-refractivity contribution in [1.29, 1.82) is 0 Å². The summed E-state index contributed by atoms with van der Waals surface area (Å²) in [7, 11) is 0. The fourth-order valence-corrected chi connectivity index (χ4v) is 2.75. The number of rotatable bonds is 0. The SMILES string of the molecule is C[C@@]12CCC=C[C@](O)(CCC1O)C2. The zero-order chi connectivity index (χ0) is 9.53. The maximum absolute atomic E-state index is 10.2. The number of aliphatic hydroxyl groups excluding tert-OH is 1. The van der Waals surface area contributed by atoms with E-state index in [0.717, 1.165) is 25.7 Å². The summed E-state index contributed by atoms with van der Waals surface area (Å²) in [5, 5.41) is 20.0. The van der Waals surface area contributed by atoms with Crippen LogP contribution >= 0.6 is 0 Å². The molecular formula is C11H18O2. The maximum Gasteiger partial charge on any atom is 0.0834 e. The summed E-state index contributed by atoms with van der Waals surface area (Å²) < 4.78 is 0. The van der Waals surface area contributed by atoms with E-state index in [1.54, 1.807) is 0 Å². The lowest BCUT2D eigenvalue weighted by Gasteiger charge is -2.44. The number of hydrogen-bond donors (Lipinski definition) is 2. The Morgan fingerprint density at radius 1 is 1.38 bits per heavy atom. The second-order valence-electron chi connectivity index (χ2n) is 4.93. The van der Waals surface area contributed by atoms with Gasteiger partial charge in [0, 0.05) is 0 Å². The molecule has 0 aromatic rings. The predicted octanol–water partition coefficient (Wildman–Crippen LogP) is 1.62. The van der Waals surface area contributed by atoms with Gasteiger partial charge in [-0.15, -0.1) is 0 Å². The van der Waals surface area contributed by atoms with Crippen LogP contribution in [-0.2, 0) is 0 Å². The molecule has 2 rings (SSSR count). The summed E-state index contributed by atoms with van der Waals surface area (Å²) in [5.41, 5.74) is -0.707. The van der Waals surface area contributed by atoms with E-state index >= 15 is 0 Å². The van der Waals surface area contributed by atoms with E-state index in [9.17, 15) is 10.2 Å². The molecule has 0 spiro atoms. The monoisotopic (exact) mass is 182 g/mol. The minimum Gasteiger partial charge on any atom is -0.393 e. The Balaban J connectivity index is 2.28. The number of hydrogen-bond acceptors (Lipinski definition) is 2. The highest BCUT2D eigenvalue weighted by molar-refractivity contribution is 5.11. The Kier molecular flexibility index (Phi) is 2.00. The van der Waals surface area contributed by atoms with Gasteiger partial charge in [0.2, 0.25) is 0 Å². The maximum atomic E-state index is 10.2. The molecule has 2 N–H and O–H groups in total. The Labute approximate surface area is 79.3 Å². The minimum atomic E-state index is -0.634. The van der Waals surface area contributed by atoms with Gasteiger partial charge in [-0.05, 0) is 37.5 Å². The zero-order valence-corrected chi connectivity index (χ0v) is 8.16. The van der Waals surface area contributed by atoms with Crippen molar-refractivity contribution in [1.82, 2.24) is 0 Å². The van der Waals surface area contributed by atoms with Crippen LogP contribution in [0.4, 0.5) is 0 Å². The summed E-state index contributed by atoms with van der Waals surface area (Å²) in [4.78, 5) is 0. The first-order valence-electron chi connectivity index (χ1n) is 5.12. The second-order valence-corrected chi connectivity index (χ2v) is 4.93. The summed E-state index contributed by atoms with van der Waals surface area (Å²) in [5.74, 6) is 0. The molecule has 1 saturated carbocycles. The molecule has 0 aromatic heterocycles. The largest absolute Gasteiger partial charge is 0.393 e. The summed E-state index contributed by atoms with van der Waals surface area (Å²) in [6.07, 6.45) is 7.90. The third kappa shape index (κ3) is 1.53. The van der Waals surface area contributed by atoms with Gasteiger partial charge in [0.05, 0.1) is 11.7 Å². The van der Waals surface area contributed by atoms with Crippen molar-refractivity contribution in [3.8, 4) is 0 Å². The highest BCUT2D eigenvalue weighted by atomic mass is 16.3. The van der Waals surface area contributed by atoms with Crippen molar-refractivity contribution >= 4 is 0 Å². The lowest BCUT2D eigenvalue weighted by molar-refractivity contribution is -0.0814. The first kappa shape index (κ1) is 9.22. The third-order valence-corrected chi connectivity index (χ3v) is 3.68. The van der Waals surface area contributed by atoms with Gasteiger partial charge < -0.3 is 10.2 Å². The number of allylic oxidation sites excluding steroid dienone is 1. The highest BCUT2D eigenvalue weighted by Gasteiger charge is 2.45. The van der Waals surface area contributed by atoms with E-state index in [2.05, 4.69) is 13.0 Å². The molecule has 74 valence electrons. The van der Waals surface area contributed by atoms with Gasteiger partial charge in [0.25, 0.3) is 0 Å². The average Bonchev–Trinajstić information content (AvgIpc) is 2.19. The quantitative estimate of drug-likeness (QED) is 0.559. The fourth-order valence-electron chi connectivity index (χ4n) is 2.75. The molecule has 2 bridgehead atoms. The molecule has 2 heteroatoms. The van der Waals surface area contributed by atoms with Crippen LogP contribution < -0.4 is 0 Å². The van der Waals surface area contributed by atoms with Crippen molar-refractivity contribution in [3.63, 3.8) is 0 Å². The summed E-state index contributed by atoms with van der Waals surface area (Å²) in [6.45, 7) is 2.09.